The largest absolute Gasteiger partial charge is 0.347 e. The van der Waals surface area contributed by atoms with Crippen molar-refractivity contribution in [2.45, 2.75) is 39.7 Å². The highest BCUT2D eigenvalue weighted by Crippen LogP contribution is 2.19. The molecule has 1 heterocycles. The minimum Gasteiger partial charge on any atom is -0.347 e. The first-order valence-corrected chi connectivity index (χ1v) is 8.81. The van der Waals surface area contributed by atoms with Gasteiger partial charge in [-0.2, -0.15) is 0 Å². The van der Waals surface area contributed by atoms with Crippen molar-refractivity contribution in [2.75, 3.05) is 46.8 Å². The first-order chi connectivity index (χ1) is 11.3. The summed E-state index contributed by atoms with van der Waals surface area (Å²) in [4.78, 5) is 41.6. The number of likely N-dealkylation sites (tertiary alicyclic amines) is 1. The molecule has 0 saturated carbocycles. The Balaban J connectivity index is 2.39. The molecule has 0 radical (unpaired) electrons. The molecule has 0 aromatic heterocycles. The van der Waals surface area contributed by atoms with Crippen LogP contribution in [0.1, 0.15) is 33.6 Å². The van der Waals surface area contributed by atoms with Crippen molar-refractivity contribution in [3.63, 3.8) is 0 Å². The molecule has 1 N–H and O–H groups in total. The second-order valence-corrected chi connectivity index (χ2v) is 6.58. The molecule has 1 rings (SSSR count). The fourth-order valence-electron chi connectivity index (χ4n) is 3.07. The first-order valence-electron chi connectivity index (χ1n) is 8.81. The summed E-state index contributed by atoms with van der Waals surface area (Å²) >= 11 is 0. The molecule has 24 heavy (non-hydrogen) atoms. The van der Waals surface area contributed by atoms with Crippen LogP contribution in [0.15, 0.2) is 0 Å². The zero-order valence-electron chi connectivity index (χ0n) is 15.7. The Morgan fingerprint density at radius 3 is 2.12 bits per heavy atom. The van der Waals surface area contributed by atoms with Crippen molar-refractivity contribution in [1.82, 2.24) is 20.0 Å². The van der Waals surface area contributed by atoms with Gasteiger partial charge in [0.2, 0.25) is 17.7 Å². The fraction of sp³-hybridized carbons (Fsp3) is 0.824. The third kappa shape index (κ3) is 5.78. The van der Waals surface area contributed by atoms with Crippen molar-refractivity contribution in [2.24, 2.45) is 5.92 Å². The molecule has 1 atom stereocenters. The second kappa shape index (κ2) is 9.61. The summed E-state index contributed by atoms with van der Waals surface area (Å²) in [7, 11) is 3.34. The van der Waals surface area contributed by atoms with E-state index in [2.05, 4.69) is 5.32 Å². The predicted molar refractivity (Wildman–Crippen MR) is 93.4 cm³/mol. The first kappa shape index (κ1) is 20.4. The monoisotopic (exact) mass is 340 g/mol. The van der Waals surface area contributed by atoms with Crippen LogP contribution >= 0.6 is 0 Å². The van der Waals surface area contributed by atoms with Crippen LogP contribution in [0.5, 0.6) is 0 Å². The maximum Gasteiger partial charge on any atom is 0.244 e. The van der Waals surface area contributed by atoms with E-state index in [0.29, 0.717) is 0 Å². The number of piperidine rings is 1. The van der Waals surface area contributed by atoms with Crippen LogP contribution in [0.2, 0.25) is 0 Å². The SMILES string of the molecule is CCN(CC)C(=O)C1CCN(CC(=O)NC(C)C(=O)N(C)C)CC1. The predicted octanol–water partition coefficient (Wildman–Crippen LogP) is 0.160. The molecule has 0 aromatic carbocycles. The van der Waals surface area contributed by atoms with Gasteiger partial charge in [-0.15, -0.1) is 0 Å². The molecule has 1 saturated heterocycles. The maximum atomic E-state index is 12.4. The standard InChI is InChI=1S/C17H32N4O3/c1-6-21(7-2)17(24)14-8-10-20(11-9-14)12-15(22)18-13(3)16(23)19(4)5/h13-14H,6-12H2,1-5H3,(H,18,22). The van der Waals surface area contributed by atoms with Gasteiger partial charge in [-0.25, -0.2) is 0 Å². The lowest BCUT2D eigenvalue weighted by Crippen LogP contribution is -2.49. The lowest BCUT2D eigenvalue weighted by molar-refractivity contribution is -0.137. The molecule has 1 fully saturated rings. The van der Waals surface area contributed by atoms with Crippen LogP contribution in [0, 0.1) is 5.92 Å². The molecule has 0 aromatic rings. The van der Waals surface area contributed by atoms with E-state index in [0.717, 1.165) is 39.0 Å². The minimum atomic E-state index is -0.519. The van der Waals surface area contributed by atoms with Crippen LogP contribution < -0.4 is 5.32 Å². The van der Waals surface area contributed by atoms with Crippen molar-refractivity contribution in [3.8, 4) is 0 Å². The Bertz CT molecular complexity index is 441. The van der Waals surface area contributed by atoms with Gasteiger partial charge in [0, 0.05) is 33.1 Å². The fourth-order valence-corrected chi connectivity index (χ4v) is 3.07. The van der Waals surface area contributed by atoms with E-state index >= 15 is 0 Å². The zero-order chi connectivity index (χ0) is 18.3. The molecular weight excluding hydrogens is 308 g/mol. The third-order valence-corrected chi connectivity index (χ3v) is 4.57. The van der Waals surface area contributed by atoms with Gasteiger partial charge >= 0.3 is 0 Å². The molecule has 138 valence electrons. The number of carbonyl (C=O) groups excluding carboxylic acids is 3. The van der Waals surface area contributed by atoms with E-state index in [9.17, 15) is 14.4 Å². The number of nitrogens with zero attached hydrogens (tertiary/aromatic N) is 3. The van der Waals surface area contributed by atoms with Crippen LogP contribution in [-0.2, 0) is 14.4 Å². The Morgan fingerprint density at radius 2 is 1.67 bits per heavy atom. The Kier molecular flexibility index (Phi) is 8.18. The Labute approximate surface area is 145 Å². The third-order valence-electron chi connectivity index (χ3n) is 4.57. The van der Waals surface area contributed by atoms with Gasteiger partial charge < -0.3 is 15.1 Å². The number of rotatable bonds is 7. The number of carbonyl (C=O) groups is 3. The topological polar surface area (TPSA) is 73.0 Å². The van der Waals surface area contributed by atoms with Crippen LogP contribution in [0.3, 0.4) is 0 Å². The van der Waals surface area contributed by atoms with Crippen LogP contribution in [0.4, 0.5) is 0 Å². The molecule has 1 aliphatic rings. The molecule has 7 nitrogen and oxygen atoms in total. The van der Waals surface area contributed by atoms with Gasteiger partial charge in [-0.1, -0.05) is 0 Å². The Hall–Kier alpha value is -1.63. The summed E-state index contributed by atoms with van der Waals surface area (Å²) < 4.78 is 0. The lowest BCUT2D eigenvalue weighted by Gasteiger charge is -2.33. The molecule has 0 spiro atoms. The second-order valence-electron chi connectivity index (χ2n) is 6.58. The molecule has 1 unspecified atom stereocenters. The van der Waals surface area contributed by atoms with Gasteiger partial charge in [0.1, 0.15) is 6.04 Å². The van der Waals surface area contributed by atoms with E-state index in [4.69, 9.17) is 0 Å². The summed E-state index contributed by atoms with van der Waals surface area (Å²) in [6, 6.07) is -0.519. The highest BCUT2D eigenvalue weighted by molar-refractivity contribution is 5.87. The minimum absolute atomic E-state index is 0.0680. The summed E-state index contributed by atoms with van der Waals surface area (Å²) in [6.45, 7) is 8.92. The van der Waals surface area contributed by atoms with Crippen LogP contribution in [-0.4, -0.2) is 85.3 Å². The van der Waals surface area contributed by atoms with E-state index in [1.165, 1.54) is 4.90 Å². The molecule has 0 aliphatic carbocycles. The van der Waals surface area contributed by atoms with Gasteiger partial charge in [0.15, 0.2) is 0 Å². The van der Waals surface area contributed by atoms with Crippen LogP contribution in [0.25, 0.3) is 0 Å². The summed E-state index contributed by atoms with van der Waals surface area (Å²) in [5.74, 6) is 0.0332. The number of nitrogens with one attached hydrogen (secondary N) is 1. The van der Waals surface area contributed by atoms with E-state index in [1.807, 2.05) is 23.6 Å². The summed E-state index contributed by atoms with van der Waals surface area (Å²) in [5.41, 5.74) is 0. The number of likely N-dealkylation sites (N-methyl/N-ethyl adjacent to an activating group) is 1. The maximum absolute atomic E-state index is 12.4. The molecule has 7 heteroatoms. The molecular formula is C17H32N4O3. The summed E-state index contributed by atoms with van der Waals surface area (Å²) in [6.07, 6.45) is 1.57. The highest BCUT2D eigenvalue weighted by atomic mass is 16.2. The van der Waals surface area contributed by atoms with Gasteiger partial charge in [-0.3, -0.25) is 19.3 Å². The average Bonchev–Trinajstić information content (AvgIpc) is 2.55. The van der Waals surface area contributed by atoms with Gasteiger partial charge in [0.05, 0.1) is 6.54 Å². The molecule has 0 bridgehead atoms. The number of hydrogen-bond donors (Lipinski definition) is 1. The highest BCUT2D eigenvalue weighted by Gasteiger charge is 2.28. The van der Waals surface area contributed by atoms with E-state index in [1.54, 1.807) is 21.0 Å². The Morgan fingerprint density at radius 1 is 1.12 bits per heavy atom. The quantitative estimate of drug-likeness (QED) is 0.716. The van der Waals surface area contributed by atoms with Crippen molar-refractivity contribution >= 4 is 17.7 Å². The smallest absolute Gasteiger partial charge is 0.244 e. The van der Waals surface area contributed by atoms with E-state index < -0.39 is 6.04 Å². The molecule has 1 aliphatic heterocycles. The zero-order valence-corrected chi connectivity index (χ0v) is 15.7. The van der Waals surface area contributed by atoms with Gasteiger partial charge in [0.25, 0.3) is 0 Å². The summed E-state index contributed by atoms with van der Waals surface area (Å²) in [5, 5.41) is 2.73. The normalized spacial score (nSPS) is 17.2. The van der Waals surface area contributed by atoms with Crippen molar-refractivity contribution in [3.05, 3.63) is 0 Å². The van der Waals surface area contributed by atoms with Gasteiger partial charge in [-0.05, 0) is 46.7 Å². The van der Waals surface area contributed by atoms with E-state index in [-0.39, 0.29) is 30.2 Å². The van der Waals surface area contributed by atoms with Crippen molar-refractivity contribution in [1.29, 1.82) is 0 Å². The lowest BCUT2D eigenvalue weighted by atomic mass is 9.95. The number of amides is 3. The van der Waals surface area contributed by atoms with Crippen molar-refractivity contribution < 1.29 is 14.4 Å². The molecule has 3 amide bonds. The number of hydrogen-bond acceptors (Lipinski definition) is 4. The average molecular weight is 340 g/mol.